The number of halogens is 3. The van der Waals surface area contributed by atoms with Gasteiger partial charge in [-0.3, -0.25) is 9.59 Å². The van der Waals surface area contributed by atoms with E-state index in [1.807, 2.05) is 0 Å². The average Bonchev–Trinajstić information content (AvgIpc) is 2.92. The van der Waals surface area contributed by atoms with Crippen molar-refractivity contribution in [3.8, 4) is 11.4 Å². The number of imidazole rings is 1. The fourth-order valence-corrected chi connectivity index (χ4v) is 3.59. The number of nitrogens with zero attached hydrogens (tertiary/aromatic N) is 2. The zero-order valence-corrected chi connectivity index (χ0v) is 18.3. The molecule has 32 heavy (non-hydrogen) atoms. The van der Waals surface area contributed by atoms with Gasteiger partial charge in [0.25, 0.3) is 5.91 Å². The summed E-state index contributed by atoms with van der Waals surface area (Å²) in [6, 6.07) is 2.49. The molecule has 2 aromatic rings. The van der Waals surface area contributed by atoms with Crippen LogP contribution in [0.15, 0.2) is 18.2 Å². The Morgan fingerprint density at radius 3 is 2.62 bits per heavy atom. The van der Waals surface area contributed by atoms with Crippen LogP contribution in [0.5, 0.6) is 0 Å². The lowest BCUT2D eigenvalue weighted by atomic mass is 9.86. The zero-order chi connectivity index (χ0) is 23.5. The molecule has 0 spiro atoms. The lowest BCUT2D eigenvalue weighted by molar-refractivity contribution is -0.125. The number of hydrogen-bond donors (Lipinski definition) is 2. The standard InChI is InChI=1S/C22H27F3N4O3/c1-22(2,3)18(21(31)26-8-7-23)28-20(30)17-16-6-10-32-11-9-29(16)19(27-17)13-4-5-14(24)15(25)12-13/h4-5,12,18H,6-11H2,1-3H3,(H,26,31)(H,28,30)/t18-/m1/s1. The smallest absolute Gasteiger partial charge is 0.272 e. The molecule has 2 N–H and O–H groups in total. The number of amides is 2. The van der Waals surface area contributed by atoms with Gasteiger partial charge in [0.2, 0.25) is 5.91 Å². The number of nitrogens with one attached hydrogen (secondary N) is 2. The van der Waals surface area contributed by atoms with Crippen LogP contribution in [0.2, 0.25) is 0 Å². The van der Waals surface area contributed by atoms with Gasteiger partial charge in [0.1, 0.15) is 24.2 Å². The van der Waals surface area contributed by atoms with Crippen molar-refractivity contribution in [2.45, 2.75) is 39.8 Å². The molecule has 0 fully saturated rings. The third-order valence-electron chi connectivity index (χ3n) is 5.21. The van der Waals surface area contributed by atoms with Crippen molar-refractivity contribution in [3.05, 3.63) is 41.2 Å². The van der Waals surface area contributed by atoms with Gasteiger partial charge in [0.05, 0.1) is 18.9 Å². The van der Waals surface area contributed by atoms with E-state index >= 15 is 0 Å². The van der Waals surface area contributed by atoms with E-state index < -0.39 is 41.6 Å². The highest BCUT2D eigenvalue weighted by Crippen LogP contribution is 2.27. The van der Waals surface area contributed by atoms with E-state index in [-0.39, 0.29) is 12.2 Å². The second-order valence-electron chi connectivity index (χ2n) is 8.63. The largest absolute Gasteiger partial charge is 0.379 e. The average molecular weight is 452 g/mol. The van der Waals surface area contributed by atoms with Gasteiger partial charge in [-0.05, 0) is 23.6 Å². The van der Waals surface area contributed by atoms with E-state index in [1.54, 1.807) is 25.3 Å². The number of hydrogen-bond acceptors (Lipinski definition) is 4. The molecule has 0 unspecified atom stereocenters. The third kappa shape index (κ3) is 5.12. The summed E-state index contributed by atoms with van der Waals surface area (Å²) in [5.41, 5.74) is 0.331. The van der Waals surface area contributed by atoms with Gasteiger partial charge < -0.3 is 19.9 Å². The molecular weight excluding hydrogens is 425 g/mol. The molecule has 2 amide bonds. The van der Waals surface area contributed by atoms with Crippen LogP contribution in [-0.4, -0.2) is 53.8 Å². The number of ether oxygens (including phenoxy) is 1. The molecule has 0 saturated heterocycles. The predicted molar refractivity (Wildman–Crippen MR) is 112 cm³/mol. The van der Waals surface area contributed by atoms with E-state index in [9.17, 15) is 22.8 Å². The molecule has 1 aromatic carbocycles. The van der Waals surface area contributed by atoms with Crippen LogP contribution in [0.3, 0.4) is 0 Å². The molecule has 10 heteroatoms. The molecule has 3 rings (SSSR count). The molecule has 1 atom stereocenters. The summed E-state index contributed by atoms with van der Waals surface area (Å²) in [5, 5.41) is 5.17. The van der Waals surface area contributed by atoms with Gasteiger partial charge in [-0.15, -0.1) is 0 Å². The summed E-state index contributed by atoms with van der Waals surface area (Å²) in [6.07, 6.45) is 0.383. The van der Waals surface area contributed by atoms with Crippen LogP contribution in [-0.2, 0) is 22.5 Å². The number of benzene rings is 1. The summed E-state index contributed by atoms with van der Waals surface area (Å²) < 4.78 is 47.0. The van der Waals surface area contributed by atoms with Gasteiger partial charge in [0, 0.05) is 25.1 Å². The highest BCUT2D eigenvalue weighted by molar-refractivity contribution is 5.98. The van der Waals surface area contributed by atoms with Gasteiger partial charge in [-0.2, -0.15) is 0 Å². The lowest BCUT2D eigenvalue weighted by Crippen LogP contribution is -2.54. The Labute approximate surface area is 184 Å². The number of aromatic nitrogens is 2. The second kappa shape index (κ2) is 9.72. The SMILES string of the molecule is CC(C)(C)[C@H](NC(=O)c1nc(-c2ccc(F)c(F)c2)n2c1CCOCC2)C(=O)NCCF. The highest BCUT2D eigenvalue weighted by atomic mass is 19.2. The van der Waals surface area contributed by atoms with Crippen molar-refractivity contribution >= 4 is 11.8 Å². The quantitative estimate of drug-likeness (QED) is 0.706. The van der Waals surface area contributed by atoms with Gasteiger partial charge in [-0.25, -0.2) is 18.2 Å². The molecule has 1 aliphatic rings. The molecule has 0 bridgehead atoms. The second-order valence-corrected chi connectivity index (χ2v) is 8.63. The summed E-state index contributed by atoms with van der Waals surface area (Å²) >= 11 is 0. The summed E-state index contributed by atoms with van der Waals surface area (Å²) in [7, 11) is 0. The molecule has 0 radical (unpaired) electrons. The monoisotopic (exact) mass is 452 g/mol. The minimum atomic E-state index is -1.02. The topological polar surface area (TPSA) is 85.2 Å². The maximum atomic E-state index is 13.8. The van der Waals surface area contributed by atoms with Crippen molar-refractivity contribution in [3.63, 3.8) is 0 Å². The van der Waals surface area contributed by atoms with Crippen LogP contribution in [0.1, 0.15) is 37.0 Å². The van der Waals surface area contributed by atoms with Crippen molar-refractivity contribution in [2.75, 3.05) is 26.4 Å². The summed E-state index contributed by atoms with van der Waals surface area (Å²) in [6.45, 7) is 5.58. The number of carbonyl (C=O) groups excluding carboxylic acids is 2. The first-order chi connectivity index (χ1) is 15.1. The van der Waals surface area contributed by atoms with Crippen molar-refractivity contribution < 1.29 is 27.5 Å². The summed E-state index contributed by atoms with van der Waals surface area (Å²) in [4.78, 5) is 30.2. The van der Waals surface area contributed by atoms with Crippen LogP contribution in [0.4, 0.5) is 13.2 Å². The minimum Gasteiger partial charge on any atom is -0.379 e. The van der Waals surface area contributed by atoms with Crippen molar-refractivity contribution in [1.82, 2.24) is 20.2 Å². The Morgan fingerprint density at radius 1 is 1.22 bits per heavy atom. The van der Waals surface area contributed by atoms with E-state index in [0.29, 0.717) is 43.3 Å². The van der Waals surface area contributed by atoms with Crippen LogP contribution in [0, 0.1) is 17.0 Å². The van der Waals surface area contributed by atoms with Gasteiger partial charge in [0.15, 0.2) is 11.6 Å². The maximum Gasteiger partial charge on any atom is 0.272 e. The van der Waals surface area contributed by atoms with Crippen LogP contribution < -0.4 is 10.6 Å². The van der Waals surface area contributed by atoms with Crippen molar-refractivity contribution in [1.29, 1.82) is 0 Å². The molecule has 0 saturated carbocycles. The minimum absolute atomic E-state index is 0.0859. The van der Waals surface area contributed by atoms with E-state index in [0.717, 1.165) is 12.1 Å². The van der Waals surface area contributed by atoms with Gasteiger partial charge in [-0.1, -0.05) is 20.8 Å². The third-order valence-corrected chi connectivity index (χ3v) is 5.21. The Morgan fingerprint density at radius 2 is 1.97 bits per heavy atom. The molecule has 0 aliphatic carbocycles. The molecule has 174 valence electrons. The highest BCUT2D eigenvalue weighted by Gasteiger charge is 2.34. The first-order valence-electron chi connectivity index (χ1n) is 10.4. The van der Waals surface area contributed by atoms with Gasteiger partial charge >= 0.3 is 0 Å². The zero-order valence-electron chi connectivity index (χ0n) is 18.3. The maximum absolute atomic E-state index is 13.8. The first-order valence-corrected chi connectivity index (χ1v) is 10.4. The summed E-state index contributed by atoms with van der Waals surface area (Å²) in [5.74, 6) is -2.78. The molecule has 2 heterocycles. The van der Waals surface area contributed by atoms with Crippen molar-refractivity contribution in [2.24, 2.45) is 5.41 Å². The Kier molecular flexibility index (Phi) is 7.22. The fourth-order valence-electron chi connectivity index (χ4n) is 3.59. The lowest BCUT2D eigenvalue weighted by Gasteiger charge is -2.30. The molecule has 1 aromatic heterocycles. The Hall–Kier alpha value is -2.88. The molecule has 1 aliphatic heterocycles. The normalized spacial score (nSPS) is 14.9. The number of carbonyl (C=O) groups is 2. The fraction of sp³-hybridized carbons (Fsp3) is 0.500. The Balaban J connectivity index is 1.99. The molecular formula is C22H27F3N4O3. The number of rotatable bonds is 6. The first kappa shape index (κ1) is 23.8. The number of alkyl halides is 1. The number of fused-ring (bicyclic) bond motifs is 1. The van der Waals surface area contributed by atoms with E-state index in [4.69, 9.17) is 4.74 Å². The Bertz CT molecular complexity index is 1000. The van der Waals surface area contributed by atoms with E-state index in [2.05, 4.69) is 15.6 Å². The van der Waals surface area contributed by atoms with Crippen LogP contribution >= 0.6 is 0 Å². The predicted octanol–water partition coefficient (Wildman–Crippen LogP) is 2.63. The molecule has 7 nitrogen and oxygen atoms in total. The van der Waals surface area contributed by atoms with Crippen LogP contribution in [0.25, 0.3) is 11.4 Å². The van der Waals surface area contributed by atoms with E-state index in [1.165, 1.54) is 6.07 Å².